The number of nitrogens with one attached hydrogen (secondary N) is 1. The van der Waals surface area contributed by atoms with Crippen LogP contribution in [0, 0.1) is 0 Å². The lowest BCUT2D eigenvalue weighted by atomic mass is 10.1. The summed E-state index contributed by atoms with van der Waals surface area (Å²) in [6, 6.07) is 25.4. The maximum Gasteiger partial charge on any atom is 0.252 e. The Labute approximate surface area is 212 Å². The molecule has 0 atom stereocenters. The fraction of sp³-hybridized carbons (Fsp3) is 0.310. The van der Waals surface area contributed by atoms with Gasteiger partial charge in [0, 0.05) is 19.5 Å². The van der Waals surface area contributed by atoms with Gasteiger partial charge in [-0.15, -0.1) is 0 Å². The lowest BCUT2D eigenvalue weighted by Gasteiger charge is -2.10. The molecule has 4 rings (SSSR count). The molecule has 0 aliphatic heterocycles. The third-order valence-corrected chi connectivity index (χ3v) is 6.33. The molecular formula is C29H32ClN3O2. The van der Waals surface area contributed by atoms with Gasteiger partial charge in [0.25, 0.3) is 5.91 Å². The number of imidazole rings is 1. The van der Waals surface area contributed by atoms with Crippen LogP contribution in [0.3, 0.4) is 0 Å². The van der Waals surface area contributed by atoms with Crippen molar-refractivity contribution >= 4 is 28.5 Å². The molecular weight excluding hydrogens is 458 g/mol. The molecule has 5 nitrogen and oxygen atoms in total. The van der Waals surface area contributed by atoms with Crippen molar-refractivity contribution in [2.24, 2.45) is 0 Å². The second kappa shape index (κ2) is 13.0. The normalized spacial score (nSPS) is 11.0. The molecule has 0 fully saturated rings. The molecule has 0 saturated heterocycles. The Morgan fingerprint density at radius 2 is 1.63 bits per heavy atom. The number of carbonyl (C=O) groups excluding carboxylic acids is 1. The number of fused-ring (bicyclic) bond motifs is 1. The van der Waals surface area contributed by atoms with Crippen LogP contribution in [0.1, 0.15) is 48.3 Å². The first-order chi connectivity index (χ1) is 17.2. The highest BCUT2D eigenvalue weighted by atomic mass is 35.5. The first-order valence-corrected chi connectivity index (χ1v) is 12.7. The van der Waals surface area contributed by atoms with Gasteiger partial charge in [0.1, 0.15) is 11.6 Å². The number of hydrogen-bond donors (Lipinski definition) is 1. The molecule has 0 saturated carbocycles. The number of amides is 1. The second-order valence-corrected chi connectivity index (χ2v) is 8.99. The van der Waals surface area contributed by atoms with Gasteiger partial charge in [-0.25, -0.2) is 4.98 Å². The molecule has 3 aromatic carbocycles. The average Bonchev–Trinajstić information content (AvgIpc) is 3.24. The minimum atomic E-state index is -0.117. The molecule has 0 bridgehead atoms. The SMILES string of the molecule is O=C(NCCCCCc1nc2ccccc2n1CCCCOc1ccccc1)c1ccccc1Cl. The minimum absolute atomic E-state index is 0.117. The summed E-state index contributed by atoms with van der Waals surface area (Å²) in [6.45, 7) is 2.29. The monoisotopic (exact) mass is 489 g/mol. The lowest BCUT2D eigenvalue weighted by molar-refractivity contribution is 0.0953. The van der Waals surface area contributed by atoms with Gasteiger partial charge in [-0.3, -0.25) is 4.79 Å². The largest absolute Gasteiger partial charge is 0.494 e. The molecule has 35 heavy (non-hydrogen) atoms. The molecule has 4 aromatic rings. The van der Waals surface area contributed by atoms with E-state index in [0.29, 0.717) is 23.7 Å². The fourth-order valence-electron chi connectivity index (χ4n) is 4.17. The van der Waals surface area contributed by atoms with Crippen LogP contribution in [0.5, 0.6) is 5.75 Å². The fourth-order valence-corrected chi connectivity index (χ4v) is 4.39. The maximum atomic E-state index is 12.3. The number of benzene rings is 3. The van der Waals surface area contributed by atoms with Gasteiger partial charge >= 0.3 is 0 Å². The Morgan fingerprint density at radius 1 is 0.857 bits per heavy atom. The summed E-state index contributed by atoms with van der Waals surface area (Å²) in [7, 11) is 0. The number of aryl methyl sites for hydroxylation is 2. The zero-order chi connectivity index (χ0) is 24.3. The Kier molecular flexibility index (Phi) is 9.18. The lowest BCUT2D eigenvalue weighted by Crippen LogP contribution is -2.24. The number of carbonyl (C=O) groups is 1. The summed E-state index contributed by atoms with van der Waals surface area (Å²) in [6.07, 6.45) is 5.93. The van der Waals surface area contributed by atoms with Crippen LogP contribution in [0.4, 0.5) is 0 Å². The third kappa shape index (κ3) is 7.09. The Hall–Kier alpha value is -3.31. The van der Waals surface area contributed by atoms with Crippen LogP contribution in [0.2, 0.25) is 5.02 Å². The first-order valence-electron chi connectivity index (χ1n) is 12.4. The van der Waals surface area contributed by atoms with E-state index in [0.717, 1.165) is 62.2 Å². The van der Waals surface area contributed by atoms with Crippen LogP contribution in [-0.4, -0.2) is 28.6 Å². The van der Waals surface area contributed by atoms with Crippen molar-refractivity contribution in [3.05, 3.63) is 95.3 Å². The summed E-state index contributed by atoms with van der Waals surface area (Å²) in [5, 5.41) is 3.45. The van der Waals surface area contributed by atoms with Crippen LogP contribution < -0.4 is 10.1 Å². The van der Waals surface area contributed by atoms with Crippen molar-refractivity contribution < 1.29 is 9.53 Å². The number of rotatable bonds is 13. The van der Waals surface area contributed by atoms with Crippen molar-refractivity contribution in [2.45, 2.75) is 45.1 Å². The summed E-state index contributed by atoms with van der Waals surface area (Å²) in [5.74, 6) is 1.94. The van der Waals surface area contributed by atoms with Crippen LogP contribution in [0.15, 0.2) is 78.9 Å². The number of unbranched alkanes of at least 4 members (excludes halogenated alkanes) is 3. The number of nitrogens with zero attached hydrogens (tertiary/aromatic N) is 2. The number of ether oxygens (including phenoxy) is 1. The molecule has 6 heteroatoms. The number of hydrogen-bond acceptors (Lipinski definition) is 3. The predicted molar refractivity (Wildman–Crippen MR) is 142 cm³/mol. The van der Waals surface area contributed by atoms with Gasteiger partial charge in [0.15, 0.2) is 0 Å². The Morgan fingerprint density at radius 3 is 2.49 bits per heavy atom. The average molecular weight is 490 g/mol. The molecule has 0 aliphatic rings. The molecule has 182 valence electrons. The summed E-state index contributed by atoms with van der Waals surface area (Å²) < 4.78 is 8.19. The molecule has 0 radical (unpaired) electrons. The van der Waals surface area contributed by atoms with Crippen molar-refractivity contribution in [3.63, 3.8) is 0 Å². The third-order valence-electron chi connectivity index (χ3n) is 6.00. The van der Waals surface area contributed by atoms with Crippen molar-refractivity contribution in [1.82, 2.24) is 14.9 Å². The highest BCUT2D eigenvalue weighted by Crippen LogP contribution is 2.19. The van der Waals surface area contributed by atoms with Gasteiger partial charge < -0.3 is 14.6 Å². The van der Waals surface area contributed by atoms with E-state index in [4.69, 9.17) is 21.3 Å². The van der Waals surface area contributed by atoms with E-state index in [-0.39, 0.29) is 5.91 Å². The van der Waals surface area contributed by atoms with Gasteiger partial charge in [-0.2, -0.15) is 0 Å². The van der Waals surface area contributed by atoms with E-state index in [1.807, 2.05) is 48.5 Å². The Balaban J connectivity index is 1.22. The zero-order valence-corrected chi connectivity index (χ0v) is 20.7. The standard InChI is InChI=1S/C29H32ClN3O2/c30-25-16-7-6-15-24(25)29(34)31-20-10-2-5-19-28-32-26-17-8-9-18-27(26)33(28)21-11-12-22-35-23-13-3-1-4-14-23/h1,3-4,6-9,13-18H,2,5,10-12,19-22H2,(H,31,34). The minimum Gasteiger partial charge on any atom is -0.494 e. The van der Waals surface area contributed by atoms with E-state index < -0.39 is 0 Å². The smallest absolute Gasteiger partial charge is 0.252 e. The van der Waals surface area contributed by atoms with E-state index in [9.17, 15) is 4.79 Å². The molecule has 1 heterocycles. The van der Waals surface area contributed by atoms with E-state index in [1.54, 1.807) is 12.1 Å². The molecule has 1 aromatic heterocycles. The van der Waals surface area contributed by atoms with E-state index in [2.05, 4.69) is 28.1 Å². The number of aromatic nitrogens is 2. The van der Waals surface area contributed by atoms with Gasteiger partial charge in [-0.05, 0) is 62.1 Å². The van der Waals surface area contributed by atoms with E-state index in [1.165, 1.54) is 5.52 Å². The molecule has 0 spiro atoms. The predicted octanol–water partition coefficient (Wildman–Crippen LogP) is 6.69. The number of halogens is 1. The van der Waals surface area contributed by atoms with Crippen LogP contribution in [0.25, 0.3) is 11.0 Å². The summed E-state index contributed by atoms with van der Waals surface area (Å²) in [4.78, 5) is 17.2. The van der Waals surface area contributed by atoms with Crippen molar-refractivity contribution in [3.8, 4) is 5.75 Å². The molecule has 1 N–H and O–H groups in total. The van der Waals surface area contributed by atoms with Gasteiger partial charge in [0.2, 0.25) is 0 Å². The highest BCUT2D eigenvalue weighted by molar-refractivity contribution is 6.33. The highest BCUT2D eigenvalue weighted by Gasteiger charge is 2.11. The van der Waals surface area contributed by atoms with Gasteiger partial charge in [-0.1, -0.05) is 60.5 Å². The van der Waals surface area contributed by atoms with Crippen molar-refractivity contribution in [1.29, 1.82) is 0 Å². The molecule has 1 amide bonds. The summed E-state index contributed by atoms with van der Waals surface area (Å²) in [5.41, 5.74) is 2.77. The van der Waals surface area contributed by atoms with Gasteiger partial charge in [0.05, 0.1) is 28.2 Å². The maximum absolute atomic E-state index is 12.3. The second-order valence-electron chi connectivity index (χ2n) is 8.58. The number of para-hydroxylation sites is 3. The molecule has 0 aliphatic carbocycles. The van der Waals surface area contributed by atoms with Crippen LogP contribution >= 0.6 is 11.6 Å². The quantitative estimate of drug-likeness (QED) is 0.213. The van der Waals surface area contributed by atoms with Crippen LogP contribution in [-0.2, 0) is 13.0 Å². The topological polar surface area (TPSA) is 56.2 Å². The Bertz CT molecular complexity index is 1220. The summed E-state index contributed by atoms with van der Waals surface area (Å²) >= 11 is 6.10. The molecule has 0 unspecified atom stereocenters. The van der Waals surface area contributed by atoms with E-state index >= 15 is 0 Å². The van der Waals surface area contributed by atoms with Crippen molar-refractivity contribution in [2.75, 3.05) is 13.2 Å². The zero-order valence-electron chi connectivity index (χ0n) is 20.0. The first kappa shape index (κ1) is 24.8.